The third-order valence-corrected chi connectivity index (χ3v) is 14.8. The Morgan fingerprint density at radius 3 is 1.42 bits per heavy atom. The first-order chi connectivity index (χ1) is 32.0. The van der Waals surface area contributed by atoms with E-state index in [1.54, 1.807) is 0 Å². The Morgan fingerprint density at radius 2 is 0.848 bits per heavy atom. The zero-order valence-electron chi connectivity index (χ0n) is 38.5. The lowest BCUT2D eigenvalue weighted by Gasteiger charge is -2.23. The highest BCUT2D eigenvalue weighted by Crippen LogP contribution is 2.46. The molecule has 10 aromatic carbocycles. The summed E-state index contributed by atoms with van der Waals surface area (Å²) in [6.07, 6.45) is 2.59. The molecule has 10 aromatic rings. The fraction of sp³-hybridized carbons (Fsp3) is 0.121. The van der Waals surface area contributed by atoms with E-state index in [0.29, 0.717) is 0 Å². The van der Waals surface area contributed by atoms with E-state index in [9.17, 15) is 0 Å². The zero-order chi connectivity index (χ0) is 44.6. The van der Waals surface area contributed by atoms with Crippen LogP contribution in [0.1, 0.15) is 80.5 Å². The minimum absolute atomic E-state index is 0.0455. The molecule has 0 saturated carbocycles. The number of hydrogen-bond donors (Lipinski definition) is 0. The molecule has 0 nitrogen and oxygen atoms in total. The average Bonchev–Trinajstić information content (AvgIpc) is 3.95. The Labute approximate surface area is 385 Å². The molecule has 0 saturated heterocycles. The fourth-order valence-corrected chi connectivity index (χ4v) is 11.3. The quantitative estimate of drug-likeness (QED) is 0.166. The highest BCUT2D eigenvalue weighted by Gasteiger charge is 2.29. The van der Waals surface area contributed by atoms with Gasteiger partial charge in [-0.2, -0.15) is 0 Å². The van der Waals surface area contributed by atoms with Gasteiger partial charge in [0, 0.05) is 0 Å². The number of rotatable bonds is 4. The molecule has 0 atom stereocenters. The van der Waals surface area contributed by atoms with Gasteiger partial charge >= 0.3 is 0 Å². The van der Waals surface area contributed by atoms with E-state index in [4.69, 9.17) is 0 Å². The number of hydrogen-bond acceptors (Lipinski definition) is 0. The first kappa shape index (κ1) is 38.9. The van der Waals surface area contributed by atoms with Crippen LogP contribution in [0.25, 0.3) is 81.9 Å². The van der Waals surface area contributed by atoms with E-state index < -0.39 is 0 Å². The Hall–Kier alpha value is -7.54. The van der Waals surface area contributed by atoms with Crippen molar-refractivity contribution in [3.8, 4) is 0 Å². The molecule has 0 heteroatoms. The lowest BCUT2D eigenvalue weighted by Crippen LogP contribution is -2.12. The summed E-state index contributed by atoms with van der Waals surface area (Å²) in [5.41, 5.74) is 11.4. The van der Waals surface area contributed by atoms with Gasteiger partial charge in [0.25, 0.3) is 0 Å². The monoisotopic (exact) mass is 842 g/mol. The molecule has 3 aliphatic rings. The van der Waals surface area contributed by atoms with Crippen molar-refractivity contribution in [2.75, 3.05) is 0 Å². The fourth-order valence-electron chi connectivity index (χ4n) is 11.3. The number of fused-ring (bicyclic) bond motifs is 10. The van der Waals surface area contributed by atoms with Gasteiger partial charge < -0.3 is 0 Å². The lowest BCUT2D eigenvalue weighted by atomic mass is 9.82. The second kappa shape index (κ2) is 14.0. The molecule has 0 aromatic heterocycles. The third kappa shape index (κ3) is 5.84. The van der Waals surface area contributed by atoms with E-state index in [1.807, 2.05) is 0 Å². The Kier molecular flexibility index (Phi) is 8.24. The second-order valence-corrected chi connectivity index (χ2v) is 20.9. The maximum absolute atomic E-state index is 2.59. The molecular formula is C66H50. The largest absolute Gasteiger partial charge is 0.0616 e. The number of benzene rings is 10. The summed E-state index contributed by atoms with van der Waals surface area (Å²) in [5.74, 6) is 0. The zero-order valence-corrected chi connectivity index (χ0v) is 38.5. The van der Waals surface area contributed by atoms with E-state index in [2.05, 4.69) is 236 Å². The molecule has 0 amide bonds. The van der Waals surface area contributed by atoms with Gasteiger partial charge in [-0.3, -0.25) is 0 Å². The molecule has 0 fully saturated rings. The van der Waals surface area contributed by atoms with Gasteiger partial charge in [-0.1, -0.05) is 199 Å². The molecule has 3 aliphatic carbocycles. The minimum atomic E-state index is -0.0524. The van der Waals surface area contributed by atoms with Crippen LogP contribution in [0.3, 0.4) is 0 Å². The van der Waals surface area contributed by atoms with Crippen molar-refractivity contribution in [1.29, 1.82) is 0 Å². The van der Waals surface area contributed by atoms with Crippen molar-refractivity contribution in [3.63, 3.8) is 0 Å². The standard InChI is InChI=1S/C66H50/c1-65(2,3)50-34-49-35-51(66(4,5)6)37-56-58(49)55(36-50)61-57(38-54(46-26-23-39-15-7-10-19-43(39)31-46)47-27-24-40-16-8-11-20-44(40)32-47)62-59(48-28-25-41-17-9-12-21-45(41)33-48)53-30-29-42-18-13-14-22-52(42)60(53)64(62)63(56)61/h7-38H,1-6H3. The molecule has 0 aliphatic heterocycles. The smallest absolute Gasteiger partial charge is 0.0000928 e. The average molecular weight is 843 g/mol. The summed E-state index contributed by atoms with van der Waals surface area (Å²) < 4.78 is 0. The van der Waals surface area contributed by atoms with Gasteiger partial charge in [-0.05, 0) is 188 Å². The molecule has 0 radical (unpaired) electrons. The van der Waals surface area contributed by atoms with E-state index in [0.717, 1.165) is 0 Å². The normalized spacial score (nSPS) is 13.0. The molecule has 66 heavy (non-hydrogen) atoms. The highest BCUT2D eigenvalue weighted by atomic mass is 14.3. The van der Waals surface area contributed by atoms with Crippen LogP contribution in [-0.4, -0.2) is 0 Å². The van der Waals surface area contributed by atoms with Crippen molar-refractivity contribution >= 4 is 81.9 Å². The molecule has 0 unspecified atom stereocenters. The first-order valence-electron chi connectivity index (χ1n) is 23.6. The highest BCUT2D eigenvalue weighted by molar-refractivity contribution is 6.15. The third-order valence-electron chi connectivity index (χ3n) is 14.8. The Morgan fingerprint density at radius 1 is 0.364 bits per heavy atom. The van der Waals surface area contributed by atoms with Crippen LogP contribution in [0.2, 0.25) is 0 Å². The predicted octanol–water partition coefficient (Wildman–Crippen LogP) is 16.5. The Balaban J connectivity index is 1.30. The lowest BCUT2D eigenvalue weighted by molar-refractivity contribution is 0.590. The van der Waals surface area contributed by atoms with E-state index in [1.165, 1.54) is 141 Å². The van der Waals surface area contributed by atoms with Gasteiger partial charge in [0.2, 0.25) is 0 Å². The maximum atomic E-state index is 2.59. The van der Waals surface area contributed by atoms with Gasteiger partial charge in [0.1, 0.15) is 0 Å². The summed E-state index contributed by atoms with van der Waals surface area (Å²) in [6.45, 7) is 14.2. The predicted molar refractivity (Wildman–Crippen MR) is 283 cm³/mol. The van der Waals surface area contributed by atoms with Gasteiger partial charge in [0.15, 0.2) is 0 Å². The van der Waals surface area contributed by atoms with Crippen LogP contribution >= 0.6 is 0 Å². The van der Waals surface area contributed by atoms with Gasteiger partial charge in [-0.15, -0.1) is 0 Å². The van der Waals surface area contributed by atoms with Crippen LogP contribution in [0.5, 0.6) is 0 Å². The van der Waals surface area contributed by atoms with Crippen LogP contribution in [0.4, 0.5) is 0 Å². The molecule has 0 N–H and O–H groups in total. The summed E-state index contributed by atoms with van der Waals surface area (Å²) in [7, 11) is 0. The topological polar surface area (TPSA) is 0 Å². The first-order valence-corrected chi connectivity index (χ1v) is 23.6. The van der Waals surface area contributed by atoms with Crippen molar-refractivity contribution in [1.82, 2.24) is 0 Å². The SMILES string of the molecule is CC(C)(C)c1cc2cc(C(C)(C)C)cc3c4c5c(c(C=C(c6ccc7ccccc7c6)c6ccc7ccccc7c6)c=4c(c1)c23)C(c1ccc2ccccc2c1)=c1ccc2ccccc2c1=5. The molecule has 13 rings (SSSR count). The molecule has 0 heterocycles. The molecule has 0 bridgehead atoms. The van der Waals surface area contributed by atoms with Gasteiger partial charge in [-0.25, -0.2) is 0 Å². The van der Waals surface area contributed by atoms with E-state index in [-0.39, 0.29) is 10.8 Å². The molecule has 314 valence electrons. The summed E-state index contributed by atoms with van der Waals surface area (Å²) in [5, 5.41) is 22.2. The van der Waals surface area contributed by atoms with Crippen LogP contribution in [-0.2, 0) is 10.8 Å². The van der Waals surface area contributed by atoms with Crippen LogP contribution in [0, 0.1) is 20.9 Å². The van der Waals surface area contributed by atoms with Crippen LogP contribution in [0.15, 0.2) is 188 Å². The van der Waals surface area contributed by atoms with Crippen molar-refractivity contribution < 1.29 is 0 Å². The van der Waals surface area contributed by atoms with E-state index >= 15 is 0 Å². The Bertz CT molecular complexity index is 4190. The minimum Gasteiger partial charge on any atom is -0.0616 e. The van der Waals surface area contributed by atoms with Crippen molar-refractivity contribution in [2.45, 2.75) is 52.4 Å². The van der Waals surface area contributed by atoms with Gasteiger partial charge in [0.05, 0.1) is 0 Å². The van der Waals surface area contributed by atoms with Crippen molar-refractivity contribution in [2.24, 2.45) is 0 Å². The van der Waals surface area contributed by atoms with Crippen LogP contribution < -0.4 is 5.22 Å². The molecule has 0 spiro atoms. The second-order valence-electron chi connectivity index (χ2n) is 20.9. The van der Waals surface area contributed by atoms with Crippen molar-refractivity contribution in [3.05, 3.63) is 253 Å². The summed E-state index contributed by atoms with van der Waals surface area (Å²) in [4.78, 5) is 0. The molecular weight excluding hydrogens is 793 g/mol. The summed E-state index contributed by atoms with van der Waals surface area (Å²) >= 11 is 0. The maximum Gasteiger partial charge on any atom is -0.0000928 e. The summed E-state index contributed by atoms with van der Waals surface area (Å²) in [6, 6.07) is 71.4.